The summed E-state index contributed by atoms with van der Waals surface area (Å²) in [7, 11) is 3.17. The van der Waals surface area contributed by atoms with Crippen LogP contribution in [0, 0.1) is 0 Å². The molecule has 0 bridgehead atoms. The van der Waals surface area contributed by atoms with Crippen LogP contribution >= 0.6 is 0 Å². The SMILES string of the molecule is COc1cccc(C2=NC(C)(c3cccc(OC)c3)C(=O)O2)c1. The van der Waals surface area contributed by atoms with Crippen LogP contribution < -0.4 is 9.47 Å². The van der Waals surface area contributed by atoms with Gasteiger partial charge in [0.1, 0.15) is 11.5 Å². The molecule has 1 aliphatic heterocycles. The zero-order valence-corrected chi connectivity index (χ0v) is 13.2. The van der Waals surface area contributed by atoms with E-state index in [2.05, 4.69) is 4.99 Å². The van der Waals surface area contributed by atoms with Gasteiger partial charge in [0.2, 0.25) is 5.90 Å². The second-order valence-corrected chi connectivity index (χ2v) is 5.34. The molecular formula is C18H17NO4. The third kappa shape index (κ3) is 2.65. The fraction of sp³-hybridized carbons (Fsp3) is 0.222. The summed E-state index contributed by atoms with van der Waals surface area (Å²) < 4.78 is 15.8. The summed E-state index contributed by atoms with van der Waals surface area (Å²) in [4.78, 5) is 17.0. The predicted molar refractivity (Wildman–Crippen MR) is 86.0 cm³/mol. The van der Waals surface area contributed by atoms with Crippen LogP contribution in [0.4, 0.5) is 0 Å². The van der Waals surface area contributed by atoms with Gasteiger partial charge in [-0.05, 0) is 42.8 Å². The molecule has 0 fully saturated rings. The molecule has 0 aliphatic carbocycles. The van der Waals surface area contributed by atoms with Gasteiger partial charge in [0.05, 0.1) is 14.2 Å². The highest BCUT2D eigenvalue weighted by molar-refractivity contribution is 6.08. The van der Waals surface area contributed by atoms with Gasteiger partial charge in [0.25, 0.3) is 0 Å². The van der Waals surface area contributed by atoms with Crippen LogP contribution in [0.25, 0.3) is 0 Å². The van der Waals surface area contributed by atoms with Crippen molar-refractivity contribution < 1.29 is 19.0 Å². The van der Waals surface area contributed by atoms with Crippen molar-refractivity contribution in [3.05, 3.63) is 59.7 Å². The molecule has 23 heavy (non-hydrogen) atoms. The molecule has 2 aromatic carbocycles. The molecule has 1 atom stereocenters. The number of hydrogen-bond donors (Lipinski definition) is 0. The summed E-state index contributed by atoms with van der Waals surface area (Å²) >= 11 is 0. The Morgan fingerprint density at radius 2 is 1.65 bits per heavy atom. The number of nitrogens with zero attached hydrogens (tertiary/aromatic N) is 1. The first-order chi connectivity index (χ1) is 11.1. The van der Waals surface area contributed by atoms with Gasteiger partial charge in [0, 0.05) is 5.56 Å². The molecule has 0 amide bonds. The Balaban J connectivity index is 2.02. The molecule has 1 heterocycles. The van der Waals surface area contributed by atoms with Crippen molar-refractivity contribution in [3.8, 4) is 11.5 Å². The van der Waals surface area contributed by atoms with Crippen LogP contribution in [0.1, 0.15) is 18.1 Å². The molecule has 118 valence electrons. The molecule has 0 N–H and O–H groups in total. The van der Waals surface area contributed by atoms with E-state index in [-0.39, 0.29) is 0 Å². The quantitative estimate of drug-likeness (QED) is 0.815. The highest BCUT2D eigenvalue weighted by Crippen LogP contribution is 2.35. The van der Waals surface area contributed by atoms with Crippen molar-refractivity contribution in [2.45, 2.75) is 12.5 Å². The van der Waals surface area contributed by atoms with E-state index in [0.717, 1.165) is 5.56 Å². The van der Waals surface area contributed by atoms with Crippen molar-refractivity contribution in [1.82, 2.24) is 0 Å². The molecule has 3 rings (SSSR count). The summed E-state index contributed by atoms with van der Waals surface area (Å²) in [6.45, 7) is 1.73. The number of carbonyl (C=O) groups excluding carboxylic acids is 1. The molecule has 0 saturated carbocycles. The first-order valence-electron chi connectivity index (χ1n) is 7.18. The summed E-state index contributed by atoms with van der Waals surface area (Å²) in [5.41, 5.74) is 0.330. The average molecular weight is 311 g/mol. The van der Waals surface area contributed by atoms with E-state index < -0.39 is 11.5 Å². The smallest absolute Gasteiger partial charge is 0.345 e. The van der Waals surface area contributed by atoms with Crippen LogP contribution in [0.3, 0.4) is 0 Å². The first-order valence-corrected chi connectivity index (χ1v) is 7.18. The zero-order valence-electron chi connectivity index (χ0n) is 13.2. The van der Waals surface area contributed by atoms with Gasteiger partial charge in [-0.2, -0.15) is 0 Å². The molecule has 1 unspecified atom stereocenters. The summed E-state index contributed by atoms with van der Waals surface area (Å²) in [6, 6.07) is 14.5. The molecule has 2 aromatic rings. The van der Waals surface area contributed by atoms with Gasteiger partial charge in [-0.15, -0.1) is 0 Å². The normalized spacial score (nSPS) is 20.0. The molecule has 1 aliphatic rings. The monoisotopic (exact) mass is 311 g/mol. The lowest BCUT2D eigenvalue weighted by Crippen LogP contribution is -2.27. The number of aliphatic imine (C=N–C) groups is 1. The molecule has 0 aromatic heterocycles. The Labute approximate surface area is 134 Å². The molecule has 5 heteroatoms. The molecule has 0 radical (unpaired) electrons. The van der Waals surface area contributed by atoms with Crippen molar-refractivity contribution in [1.29, 1.82) is 0 Å². The van der Waals surface area contributed by atoms with Gasteiger partial charge in [-0.1, -0.05) is 18.2 Å². The minimum atomic E-state index is -1.09. The fourth-order valence-corrected chi connectivity index (χ4v) is 2.45. The standard InChI is InChI=1S/C18H17NO4/c1-18(13-7-5-9-15(11-13)22-3)17(20)23-16(19-18)12-6-4-8-14(10-12)21-2/h4-11H,1-3H3. The summed E-state index contributed by atoms with van der Waals surface area (Å²) in [5.74, 6) is 1.22. The number of ether oxygens (including phenoxy) is 3. The lowest BCUT2D eigenvalue weighted by molar-refractivity contribution is -0.138. The van der Waals surface area contributed by atoms with Crippen LogP contribution in [0.5, 0.6) is 11.5 Å². The summed E-state index contributed by atoms with van der Waals surface area (Å²) in [6.07, 6.45) is 0. The lowest BCUT2D eigenvalue weighted by atomic mass is 9.93. The van der Waals surface area contributed by atoms with Gasteiger partial charge in [0.15, 0.2) is 5.54 Å². The first kappa shape index (κ1) is 15.1. The lowest BCUT2D eigenvalue weighted by Gasteiger charge is -2.17. The van der Waals surface area contributed by atoms with Crippen LogP contribution in [-0.2, 0) is 15.1 Å². The van der Waals surface area contributed by atoms with Crippen molar-refractivity contribution in [2.75, 3.05) is 14.2 Å². The number of cyclic esters (lactones) is 1. The number of carbonyl (C=O) groups is 1. The Morgan fingerprint density at radius 1 is 1.00 bits per heavy atom. The van der Waals surface area contributed by atoms with E-state index >= 15 is 0 Å². The maximum absolute atomic E-state index is 12.4. The number of esters is 1. The minimum Gasteiger partial charge on any atom is -0.497 e. The highest BCUT2D eigenvalue weighted by Gasteiger charge is 2.43. The second-order valence-electron chi connectivity index (χ2n) is 5.34. The van der Waals surface area contributed by atoms with Crippen LogP contribution in [0.15, 0.2) is 53.5 Å². The van der Waals surface area contributed by atoms with E-state index in [4.69, 9.17) is 14.2 Å². The number of hydrogen-bond acceptors (Lipinski definition) is 5. The van der Waals surface area contributed by atoms with Gasteiger partial charge < -0.3 is 14.2 Å². The van der Waals surface area contributed by atoms with Gasteiger partial charge in [-0.25, -0.2) is 9.79 Å². The third-order valence-corrected chi connectivity index (χ3v) is 3.86. The topological polar surface area (TPSA) is 57.1 Å². The van der Waals surface area contributed by atoms with Crippen LogP contribution in [-0.4, -0.2) is 26.1 Å². The fourth-order valence-electron chi connectivity index (χ4n) is 2.45. The number of benzene rings is 2. The average Bonchev–Trinajstić information content (AvgIpc) is 2.91. The van der Waals surface area contributed by atoms with Crippen molar-refractivity contribution in [2.24, 2.45) is 4.99 Å². The molecule has 0 spiro atoms. The Kier molecular flexibility index (Phi) is 3.78. The van der Waals surface area contributed by atoms with E-state index in [1.165, 1.54) is 0 Å². The number of rotatable bonds is 4. The third-order valence-electron chi connectivity index (χ3n) is 3.86. The Hall–Kier alpha value is -2.82. The zero-order chi connectivity index (χ0) is 16.4. The largest absolute Gasteiger partial charge is 0.497 e. The predicted octanol–water partition coefficient (Wildman–Crippen LogP) is 2.92. The van der Waals surface area contributed by atoms with Gasteiger partial charge >= 0.3 is 5.97 Å². The molecule has 5 nitrogen and oxygen atoms in total. The van der Waals surface area contributed by atoms with Crippen LogP contribution in [0.2, 0.25) is 0 Å². The Morgan fingerprint density at radius 3 is 2.35 bits per heavy atom. The van der Waals surface area contributed by atoms with E-state index in [1.807, 2.05) is 36.4 Å². The Bertz CT molecular complexity index is 784. The van der Waals surface area contributed by atoms with E-state index in [9.17, 15) is 4.79 Å². The minimum absolute atomic E-state index is 0.291. The van der Waals surface area contributed by atoms with E-state index in [1.54, 1.807) is 33.3 Å². The van der Waals surface area contributed by atoms with Crippen molar-refractivity contribution in [3.63, 3.8) is 0 Å². The second kappa shape index (κ2) is 5.76. The number of methoxy groups -OCH3 is 2. The molecular weight excluding hydrogens is 294 g/mol. The summed E-state index contributed by atoms with van der Waals surface area (Å²) in [5, 5.41) is 0. The maximum atomic E-state index is 12.4. The van der Waals surface area contributed by atoms with E-state index in [0.29, 0.717) is 23.0 Å². The molecule has 0 saturated heterocycles. The van der Waals surface area contributed by atoms with Gasteiger partial charge in [-0.3, -0.25) is 0 Å². The highest BCUT2D eigenvalue weighted by atomic mass is 16.6. The van der Waals surface area contributed by atoms with Crippen molar-refractivity contribution >= 4 is 11.9 Å². The maximum Gasteiger partial charge on any atom is 0.345 e.